The van der Waals surface area contributed by atoms with Gasteiger partial charge in [0.15, 0.2) is 0 Å². The number of nitrogens with two attached hydrogens (primary N) is 1. The molecule has 0 bridgehead atoms. The van der Waals surface area contributed by atoms with Crippen molar-refractivity contribution < 1.29 is 8.42 Å². The second-order valence-corrected chi connectivity index (χ2v) is 6.23. The highest BCUT2D eigenvalue weighted by Gasteiger charge is 2.18. The normalized spacial score (nSPS) is 11.5. The largest absolute Gasteiger partial charge is 0.398 e. The van der Waals surface area contributed by atoms with Crippen LogP contribution >= 0.6 is 0 Å². The van der Waals surface area contributed by atoms with Crippen LogP contribution in [0.25, 0.3) is 0 Å². The van der Waals surface area contributed by atoms with E-state index in [4.69, 9.17) is 5.73 Å². The lowest BCUT2D eigenvalue weighted by molar-refractivity contribution is 0.580. The van der Waals surface area contributed by atoms with Gasteiger partial charge in [0.05, 0.1) is 17.9 Å². The summed E-state index contributed by atoms with van der Waals surface area (Å²) >= 11 is 0. The van der Waals surface area contributed by atoms with E-state index in [1.165, 1.54) is 6.33 Å². The summed E-state index contributed by atoms with van der Waals surface area (Å²) in [4.78, 5) is 7.83. The summed E-state index contributed by atoms with van der Waals surface area (Å²) < 4.78 is 27.0. The van der Waals surface area contributed by atoms with Gasteiger partial charge in [0.1, 0.15) is 11.2 Å². The van der Waals surface area contributed by atoms with Crippen LogP contribution in [0.1, 0.15) is 16.8 Å². The summed E-state index contributed by atoms with van der Waals surface area (Å²) in [5.41, 5.74) is 8.46. The molecule has 2 rings (SSSR count). The Morgan fingerprint density at radius 1 is 1.25 bits per heavy atom. The second kappa shape index (κ2) is 5.56. The Morgan fingerprint density at radius 2 is 1.95 bits per heavy atom. The number of anilines is 1. The highest BCUT2D eigenvalue weighted by Crippen LogP contribution is 2.22. The average molecular weight is 292 g/mol. The molecule has 0 amide bonds. The van der Waals surface area contributed by atoms with Gasteiger partial charge in [-0.25, -0.2) is 23.1 Å². The third kappa shape index (κ3) is 3.12. The van der Waals surface area contributed by atoms with E-state index < -0.39 is 10.0 Å². The number of hydrogen-bond donors (Lipinski definition) is 2. The van der Waals surface area contributed by atoms with Gasteiger partial charge in [0.25, 0.3) is 0 Å². The maximum atomic E-state index is 12.3. The molecule has 106 valence electrons. The van der Waals surface area contributed by atoms with E-state index in [1.807, 2.05) is 13.8 Å². The summed E-state index contributed by atoms with van der Waals surface area (Å²) in [5.74, 6) is 0. The van der Waals surface area contributed by atoms with Gasteiger partial charge in [-0.15, -0.1) is 0 Å². The van der Waals surface area contributed by atoms with E-state index in [0.29, 0.717) is 5.69 Å². The zero-order chi connectivity index (χ0) is 14.8. The van der Waals surface area contributed by atoms with E-state index in [2.05, 4.69) is 14.7 Å². The Kier molecular flexibility index (Phi) is 4.01. The smallest absolute Gasteiger partial charge is 0.242 e. The first-order chi connectivity index (χ1) is 9.40. The Balaban J connectivity index is 2.25. The molecular formula is C13H16N4O2S. The lowest BCUT2D eigenvalue weighted by Crippen LogP contribution is -2.24. The van der Waals surface area contributed by atoms with Crippen LogP contribution in [-0.4, -0.2) is 18.4 Å². The van der Waals surface area contributed by atoms with Crippen molar-refractivity contribution in [2.75, 3.05) is 5.73 Å². The van der Waals surface area contributed by atoms with Crippen molar-refractivity contribution >= 4 is 15.7 Å². The van der Waals surface area contributed by atoms with Crippen LogP contribution in [0.15, 0.2) is 35.6 Å². The minimum Gasteiger partial charge on any atom is -0.398 e. The van der Waals surface area contributed by atoms with Crippen LogP contribution < -0.4 is 10.5 Å². The first-order valence-corrected chi connectivity index (χ1v) is 7.50. The Labute approximate surface area is 118 Å². The highest BCUT2D eigenvalue weighted by atomic mass is 32.2. The summed E-state index contributed by atoms with van der Waals surface area (Å²) in [5, 5.41) is 0. The molecule has 0 atom stereocenters. The molecule has 6 nitrogen and oxygen atoms in total. The van der Waals surface area contributed by atoms with Crippen molar-refractivity contribution in [2.24, 2.45) is 0 Å². The molecule has 1 aromatic heterocycles. The lowest BCUT2D eigenvalue weighted by atomic mass is 10.1. The predicted molar refractivity (Wildman–Crippen MR) is 76.4 cm³/mol. The van der Waals surface area contributed by atoms with Crippen LogP contribution in [0.5, 0.6) is 0 Å². The third-order valence-electron chi connectivity index (χ3n) is 3.00. The fourth-order valence-corrected chi connectivity index (χ4v) is 2.91. The fourth-order valence-electron chi connectivity index (χ4n) is 1.71. The SMILES string of the molecule is Cc1cc(N)c(S(=O)(=O)NCc2ccncn2)cc1C. The molecule has 20 heavy (non-hydrogen) atoms. The van der Waals surface area contributed by atoms with E-state index in [0.717, 1.165) is 11.1 Å². The quantitative estimate of drug-likeness (QED) is 0.824. The van der Waals surface area contributed by atoms with Gasteiger partial charge < -0.3 is 5.73 Å². The second-order valence-electron chi connectivity index (χ2n) is 4.50. The molecule has 0 saturated heterocycles. The molecule has 0 aliphatic heterocycles. The Morgan fingerprint density at radius 3 is 2.60 bits per heavy atom. The van der Waals surface area contributed by atoms with Gasteiger partial charge in [-0.3, -0.25) is 0 Å². The maximum Gasteiger partial charge on any atom is 0.242 e. The first kappa shape index (κ1) is 14.4. The number of hydrogen-bond acceptors (Lipinski definition) is 5. The minimum atomic E-state index is -3.66. The molecule has 0 saturated carbocycles. The van der Waals surface area contributed by atoms with Crippen molar-refractivity contribution in [2.45, 2.75) is 25.3 Å². The van der Waals surface area contributed by atoms with Crippen LogP contribution in [0, 0.1) is 13.8 Å². The van der Waals surface area contributed by atoms with Gasteiger partial charge in [-0.1, -0.05) is 0 Å². The maximum absolute atomic E-state index is 12.3. The number of nitrogen functional groups attached to an aromatic ring is 1. The van der Waals surface area contributed by atoms with Crippen LogP contribution in [0.3, 0.4) is 0 Å². The summed E-state index contributed by atoms with van der Waals surface area (Å²) in [6, 6.07) is 4.88. The van der Waals surface area contributed by atoms with Crippen molar-refractivity contribution in [1.29, 1.82) is 0 Å². The van der Waals surface area contributed by atoms with Gasteiger partial charge in [0, 0.05) is 6.20 Å². The summed E-state index contributed by atoms with van der Waals surface area (Å²) in [6.45, 7) is 3.83. The molecule has 0 aliphatic rings. The molecule has 3 N–H and O–H groups in total. The molecule has 0 radical (unpaired) electrons. The highest BCUT2D eigenvalue weighted by molar-refractivity contribution is 7.89. The monoisotopic (exact) mass is 292 g/mol. The topological polar surface area (TPSA) is 98.0 Å². The molecule has 1 heterocycles. The van der Waals surface area contributed by atoms with Crippen LogP contribution in [0.4, 0.5) is 5.69 Å². The molecule has 1 aromatic carbocycles. The van der Waals surface area contributed by atoms with Crippen molar-refractivity contribution in [1.82, 2.24) is 14.7 Å². The van der Waals surface area contributed by atoms with Gasteiger partial charge in [-0.2, -0.15) is 0 Å². The van der Waals surface area contributed by atoms with Crippen LogP contribution in [-0.2, 0) is 16.6 Å². The Bertz CT molecular complexity index is 715. The van der Waals surface area contributed by atoms with Crippen molar-refractivity contribution in [3.05, 3.63) is 47.5 Å². The zero-order valence-corrected chi connectivity index (χ0v) is 12.1. The molecule has 2 aromatic rings. The van der Waals surface area contributed by atoms with Gasteiger partial charge in [-0.05, 0) is 43.2 Å². The number of nitrogens with zero attached hydrogens (tertiary/aromatic N) is 2. The van der Waals surface area contributed by atoms with Crippen molar-refractivity contribution in [3.8, 4) is 0 Å². The van der Waals surface area contributed by atoms with Crippen molar-refractivity contribution in [3.63, 3.8) is 0 Å². The lowest BCUT2D eigenvalue weighted by Gasteiger charge is -2.11. The van der Waals surface area contributed by atoms with Gasteiger partial charge >= 0.3 is 0 Å². The molecule has 7 heteroatoms. The molecule has 0 unspecified atom stereocenters. The number of rotatable bonds is 4. The number of aryl methyl sites for hydroxylation is 2. The molecule has 0 aliphatic carbocycles. The van der Waals surface area contributed by atoms with E-state index >= 15 is 0 Å². The molecule has 0 spiro atoms. The molecular weight excluding hydrogens is 276 g/mol. The minimum absolute atomic E-state index is 0.0923. The van der Waals surface area contributed by atoms with Gasteiger partial charge in [0.2, 0.25) is 10.0 Å². The average Bonchev–Trinajstić information content (AvgIpc) is 2.42. The number of benzene rings is 1. The first-order valence-electron chi connectivity index (χ1n) is 6.01. The predicted octanol–water partition coefficient (Wildman–Crippen LogP) is 1.15. The standard InChI is InChI=1S/C13H16N4O2S/c1-9-5-12(14)13(6-10(9)2)20(18,19)17-7-11-3-4-15-8-16-11/h3-6,8,17H,7,14H2,1-2H3. The van der Waals surface area contributed by atoms with E-state index in [1.54, 1.807) is 24.4 Å². The number of nitrogens with one attached hydrogen (secondary N) is 1. The zero-order valence-electron chi connectivity index (χ0n) is 11.3. The van der Waals surface area contributed by atoms with E-state index in [-0.39, 0.29) is 17.1 Å². The van der Waals surface area contributed by atoms with E-state index in [9.17, 15) is 8.42 Å². The molecule has 0 fully saturated rings. The summed E-state index contributed by atoms with van der Waals surface area (Å²) in [6.07, 6.45) is 2.93. The summed E-state index contributed by atoms with van der Waals surface area (Å²) in [7, 11) is -3.66. The Hall–Kier alpha value is -1.99. The third-order valence-corrected chi connectivity index (χ3v) is 4.46. The number of sulfonamides is 1. The van der Waals surface area contributed by atoms with Crippen LogP contribution in [0.2, 0.25) is 0 Å². The fraction of sp³-hybridized carbons (Fsp3) is 0.231. The number of aromatic nitrogens is 2.